The fourth-order valence-corrected chi connectivity index (χ4v) is 3.58. The lowest BCUT2D eigenvalue weighted by molar-refractivity contribution is -0.124. The molecule has 4 nitrogen and oxygen atoms in total. The molecule has 0 bridgehead atoms. The number of rotatable bonds is 8. The second kappa shape index (κ2) is 9.29. The molecule has 0 saturated heterocycles. The van der Waals surface area contributed by atoms with Crippen LogP contribution in [0.25, 0.3) is 0 Å². The van der Waals surface area contributed by atoms with Crippen LogP contribution in [0.15, 0.2) is 0 Å². The van der Waals surface area contributed by atoms with Crippen LogP contribution in [-0.4, -0.2) is 24.4 Å². The van der Waals surface area contributed by atoms with Crippen LogP contribution < -0.4 is 10.6 Å². The van der Waals surface area contributed by atoms with Gasteiger partial charge in [0.25, 0.3) is 0 Å². The molecule has 1 aliphatic carbocycles. The largest absolute Gasteiger partial charge is 0.359 e. The average molecular weight is 325 g/mol. The van der Waals surface area contributed by atoms with Gasteiger partial charge >= 0.3 is 0 Å². The first-order valence-corrected chi connectivity index (χ1v) is 9.26. The number of carbonyl (C=O) groups excluding carboxylic acids is 2. The molecule has 0 aromatic heterocycles. The van der Waals surface area contributed by atoms with Crippen LogP contribution in [0.1, 0.15) is 79.1 Å². The van der Waals surface area contributed by atoms with Crippen molar-refractivity contribution in [1.29, 1.82) is 0 Å². The topological polar surface area (TPSA) is 58.2 Å². The van der Waals surface area contributed by atoms with Crippen LogP contribution >= 0.6 is 0 Å². The quantitative estimate of drug-likeness (QED) is 0.716. The van der Waals surface area contributed by atoms with Gasteiger partial charge in [0.1, 0.15) is 0 Å². The molecule has 0 aromatic carbocycles. The molecular formula is C19H36N2O2. The molecule has 2 N–H and O–H groups in total. The van der Waals surface area contributed by atoms with Crippen LogP contribution in [0.2, 0.25) is 0 Å². The van der Waals surface area contributed by atoms with E-state index in [0.29, 0.717) is 30.6 Å². The van der Waals surface area contributed by atoms with E-state index in [9.17, 15) is 9.59 Å². The van der Waals surface area contributed by atoms with Crippen LogP contribution in [0, 0.1) is 17.8 Å². The van der Waals surface area contributed by atoms with E-state index in [4.69, 9.17) is 0 Å². The summed E-state index contributed by atoms with van der Waals surface area (Å²) in [6.45, 7) is 8.63. The maximum atomic E-state index is 12.1. The number of nitrogens with one attached hydrogen (secondary N) is 2. The van der Waals surface area contributed by atoms with Gasteiger partial charge in [-0.1, -0.05) is 26.7 Å². The number of amides is 2. The summed E-state index contributed by atoms with van der Waals surface area (Å²) in [5.74, 6) is 2.10. The lowest BCUT2D eigenvalue weighted by Gasteiger charge is -2.40. The molecule has 0 radical (unpaired) electrons. The summed E-state index contributed by atoms with van der Waals surface area (Å²) >= 11 is 0. The summed E-state index contributed by atoms with van der Waals surface area (Å²) in [5, 5.41) is 5.95. The third-order valence-corrected chi connectivity index (χ3v) is 5.34. The van der Waals surface area contributed by atoms with Crippen LogP contribution in [0.3, 0.4) is 0 Å². The van der Waals surface area contributed by atoms with Gasteiger partial charge in [0, 0.05) is 25.4 Å². The van der Waals surface area contributed by atoms with E-state index in [-0.39, 0.29) is 17.4 Å². The Labute approximate surface area is 142 Å². The molecule has 134 valence electrons. The molecule has 0 atom stereocenters. The van der Waals surface area contributed by atoms with E-state index in [1.165, 1.54) is 12.8 Å². The summed E-state index contributed by atoms with van der Waals surface area (Å²) in [6.07, 6.45) is 7.86. The normalized spacial score (nSPS) is 22.0. The molecule has 0 heterocycles. The van der Waals surface area contributed by atoms with Crippen molar-refractivity contribution in [2.45, 2.75) is 84.6 Å². The van der Waals surface area contributed by atoms with Gasteiger partial charge in [0.05, 0.1) is 0 Å². The molecule has 0 unspecified atom stereocenters. The van der Waals surface area contributed by atoms with Gasteiger partial charge in [-0.2, -0.15) is 0 Å². The maximum absolute atomic E-state index is 12.1. The highest BCUT2D eigenvalue weighted by atomic mass is 16.2. The molecule has 2 amide bonds. The highest BCUT2D eigenvalue weighted by molar-refractivity contribution is 5.76. The first-order valence-electron chi connectivity index (χ1n) is 9.26. The number of hydrogen-bond donors (Lipinski definition) is 2. The standard InChI is InChI=1S/C19H36N2O2/c1-14(2)6-12-18(23)21-19(3,4)16-10-7-15(8-11-16)9-13-17(22)20-5/h14-16H,6-13H2,1-5H3,(H,20,22)(H,21,23). The van der Waals surface area contributed by atoms with Crippen molar-refractivity contribution >= 4 is 11.8 Å². The van der Waals surface area contributed by atoms with E-state index in [1.54, 1.807) is 7.05 Å². The lowest BCUT2D eigenvalue weighted by atomic mass is 9.72. The SMILES string of the molecule is CNC(=O)CCC1CCC(C(C)(C)NC(=O)CCC(C)C)CC1. The van der Waals surface area contributed by atoms with Crippen molar-refractivity contribution < 1.29 is 9.59 Å². The van der Waals surface area contributed by atoms with Gasteiger partial charge in [-0.15, -0.1) is 0 Å². The average Bonchev–Trinajstić information content (AvgIpc) is 2.50. The minimum absolute atomic E-state index is 0.125. The summed E-state index contributed by atoms with van der Waals surface area (Å²) in [7, 11) is 1.70. The Morgan fingerprint density at radius 2 is 1.65 bits per heavy atom. The molecule has 1 fully saturated rings. The molecular weight excluding hydrogens is 288 g/mol. The van der Waals surface area contributed by atoms with Crippen molar-refractivity contribution in [3.05, 3.63) is 0 Å². The van der Waals surface area contributed by atoms with Gasteiger partial charge in [-0.05, 0) is 57.3 Å². The predicted molar refractivity (Wildman–Crippen MR) is 95.0 cm³/mol. The molecule has 23 heavy (non-hydrogen) atoms. The van der Waals surface area contributed by atoms with E-state index >= 15 is 0 Å². The van der Waals surface area contributed by atoms with Crippen molar-refractivity contribution in [2.75, 3.05) is 7.05 Å². The third-order valence-electron chi connectivity index (χ3n) is 5.34. The molecule has 0 spiro atoms. The highest BCUT2D eigenvalue weighted by Crippen LogP contribution is 2.37. The highest BCUT2D eigenvalue weighted by Gasteiger charge is 2.34. The Bertz CT molecular complexity index is 383. The molecule has 0 aromatic rings. The maximum Gasteiger partial charge on any atom is 0.220 e. The first-order chi connectivity index (χ1) is 10.7. The number of carbonyl (C=O) groups is 2. The zero-order chi connectivity index (χ0) is 17.5. The van der Waals surface area contributed by atoms with Crippen LogP contribution in [0.5, 0.6) is 0 Å². The fraction of sp³-hybridized carbons (Fsp3) is 0.895. The van der Waals surface area contributed by atoms with Crippen LogP contribution in [0.4, 0.5) is 0 Å². The second-order valence-electron chi connectivity index (χ2n) is 8.13. The molecule has 1 saturated carbocycles. The third kappa shape index (κ3) is 7.36. The van der Waals surface area contributed by atoms with E-state index < -0.39 is 0 Å². The van der Waals surface area contributed by atoms with Gasteiger partial charge in [0.2, 0.25) is 11.8 Å². The van der Waals surface area contributed by atoms with E-state index in [1.807, 2.05) is 0 Å². The van der Waals surface area contributed by atoms with E-state index in [0.717, 1.165) is 25.7 Å². The zero-order valence-electron chi connectivity index (χ0n) is 15.7. The Morgan fingerprint density at radius 3 is 2.17 bits per heavy atom. The van der Waals surface area contributed by atoms with Gasteiger partial charge < -0.3 is 10.6 Å². The van der Waals surface area contributed by atoms with Crippen molar-refractivity contribution in [2.24, 2.45) is 17.8 Å². The minimum Gasteiger partial charge on any atom is -0.359 e. The molecule has 1 aliphatic rings. The van der Waals surface area contributed by atoms with Gasteiger partial charge in [-0.3, -0.25) is 9.59 Å². The molecule has 0 aliphatic heterocycles. The summed E-state index contributed by atoms with van der Waals surface area (Å²) in [6, 6.07) is 0. The molecule has 1 rings (SSSR count). The predicted octanol–water partition coefficient (Wildman–Crippen LogP) is 3.65. The first kappa shape index (κ1) is 20.0. The Kier molecular flexibility index (Phi) is 8.07. The summed E-state index contributed by atoms with van der Waals surface area (Å²) < 4.78 is 0. The van der Waals surface area contributed by atoms with Crippen molar-refractivity contribution in [3.63, 3.8) is 0 Å². The number of hydrogen-bond acceptors (Lipinski definition) is 2. The molecule has 4 heteroatoms. The van der Waals surface area contributed by atoms with Crippen LogP contribution in [-0.2, 0) is 9.59 Å². The van der Waals surface area contributed by atoms with Gasteiger partial charge in [0.15, 0.2) is 0 Å². The monoisotopic (exact) mass is 324 g/mol. The minimum atomic E-state index is -0.125. The zero-order valence-corrected chi connectivity index (χ0v) is 15.7. The Hall–Kier alpha value is -1.06. The second-order valence-corrected chi connectivity index (χ2v) is 8.13. The Balaban J connectivity index is 2.36. The van der Waals surface area contributed by atoms with Gasteiger partial charge in [-0.25, -0.2) is 0 Å². The van der Waals surface area contributed by atoms with Crippen molar-refractivity contribution in [1.82, 2.24) is 10.6 Å². The van der Waals surface area contributed by atoms with Crippen molar-refractivity contribution in [3.8, 4) is 0 Å². The fourth-order valence-electron chi connectivity index (χ4n) is 3.58. The smallest absolute Gasteiger partial charge is 0.220 e. The summed E-state index contributed by atoms with van der Waals surface area (Å²) in [5.41, 5.74) is -0.125. The lowest BCUT2D eigenvalue weighted by Crippen LogP contribution is -2.50. The van der Waals surface area contributed by atoms with E-state index in [2.05, 4.69) is 38.3 Å². The summed E-state index contributed by atoms with van der Waals surface area (Å²) in [4.78, 5) is 23.5. The Morgan fingerprint density at radius 1 is 1.04 bits per heavy atom.